The Labute approximate surface area is 609 Å². The first-order chi connectivity index (χ1) is 51.4. The fraction of sp³-hybridized carbons (Fsp3) is 0.410. The number of imidazole rings is 3. The number of allylic oxidation sites excluding steroid dienone is 2. The highest BCUT2D eigenvalue weighted by molar-refractivity contribution is 5.84. The predicted octanol–water partition coefficient (Wildman–Crippen LogP) is 10.0. The number of hydrogen-bond donors (Lipinski definition) is 6. The third kappa shape index (κ3) is 16.4. The van der Waals surface area contributed by atoms with Crippen molar-refractivity contribution in [1.29, 1.82) is 0 Å². The Kier molecular flexibility index (Phi) is 20.1. The molecule has 542 valence electrons. The minimum atomic E-state index is 0.294. The summed E-state index contributed by atoms with van der Waals surface area (Å²) < 4.78 is 29.8. The van der Waals surface area contributed by atoms with Crippen LogP contribution in [0.3, 0.4) is 0 Å². The van der Waals surface area contributed by atoms with Crippen molar-refractivity contribution in [2.45, 2.75) is 168 Å². The van der Waals surface area contributed by atoms with Crippen molar-refractivity contribution in [2.75, 3.05) is 56.7 Å². The molecule has 12 heterocycles. The first-order valence-corrected chi connectivity index (χ1v) is 37.3. The van der Waals surface area contributed by atoms with Gasteiger partial charge in [-0.15, -0.1) is 0 Å². The molecule has 12 bridgehead atoms. The van der Waals surface area contributed by atoms with Gasteiger partial charge in [0.1, 0.15) is 17.5 Å². The molecular weight excluding hydrogens is 1320 g/mol. The average molecular weight is 1410 g/mol. The van der Waals surface area contributed by atoms with Gasteiger partial charge in [0.15, 0.2) is 50.9 Å². The molecular formula is C78H92N24O3. The van der Waals surface area contributed by atoms with E-state index in [-0.39, 0.29) is 0 Å². The molecule has 0 amide bonds. The Morgan fingerprint density at radius 3 is 1.15 bits per heavy atom. The molecule has 0 unspecified atom stereocenters. The van der Waals surface area contributed by atoms with E-state index in [0.717, 1.165) is 125 Å². The van der Waals surface area contributed by atoms with E-state index in [1.54, 1.807) is 0 Å². The molecule has 3 saturated carbocycles. The number of nitrogens with two attached hydrogens (primary N) is 3. The van der Waals surface area contributed by atoms with E-state index in [2.05, 4.69) is 192 Å². The van der Waals surface area contributed by atoms with E-state index in [0.29, 0.717) is 121 Å². The van der Waals surface area contributed by atoms with E-state index in [9.17, 15) is 0 Å². The third-order valence-electron chi connectivity index (χ3n) is 20.2. The lowest BCUT2D eigenvalue weighted by Gasteiger charge is -2.14. The smallest absolute Gasteiger partial charge is 0.320 e. The van der Waals surface area contributed by atoms with Crippen LogP contribution >= 0.6 is 0 Å². The van der Waals surface area contributed by atoms with E-state index in [1.165, 1.54) is 94.2 Å². The van der Waals surface area contributed by atoms with Crippen LogP contribution in [0.1, 0.15) is 121 Å². The Bertz CT molecular complexity index is 4940. The number of nitrogens with zero attached hydrogens (tertiary/aromatic N) is 18. The number of aryl methyl sites for hydroxylation is 4. The molecule has 0 saturated heterocycles. The minimum Gasteiger partial charge on any atom is -0.463 e. The molecule has 27 heteroatoms. The van der Waals surface area contributed by atoms with E-state index < -0.39 is 0 Å². The summed E-state index contributed by atoms with van der Waals surface area (Å²) in [5.74, 6) is 3.59. The quantitative estimate of drug-likeness (QED) is 0.0520. The van der Waals surface area contributed by atoms with Crippen LogP contribution in [0.2, 0.25) is 0 Å². The zero-order valence-electron chi connectivity index (χ0n) is 60.1. The molecule has 0 spiro atoms. The van der Waals surface area contributed by atoms with Crippen LogP contribution in [-0.4, -0.2) is 145 Å². The van der Waals surface area contributed by atoms with Gasteiger partial charge in [0.2, 0.25) is 0 Å². The maximum atomic E-state index is 6.19. The van der Waals surface area contributed by atoms with Gasteiger partial charge in [-0.1, -0.05) is 78.9 Å². The summed E-state index contributed by atoms with van der Waals surface area (Å²) in [6.45, 7) is 14.9. The lowest BCUT2D eigenvalue weighted by atomic mass is 9.95. The van der Waals surface area contributed by atoms with Crippen LogP contribution in [0.5, 0.6) is 18.0 Å². The summed E-state index contributed by atoms with van der Waals surface area (Å²) in [5, 5.41) is 24.5. The predicted molar refractivity (Wildman–Crippen MR) is 406 cm³/mol. The molecule has 12 aromatic rings. The van der Waals surface area contributed by atoms with Gasteiger partial charge in [-0.25, -0.2) is 15.0 Å². The van der Waals surface area contributed by atoms with Crippen molar-refractivity contribution >= 4 is 50.9 Å². The molecule has 3 aliphatic heterocycles. The van der Waals surface area contributed by atoms with Gasteiger partial charge in [-0.3, -0.25) is 14.0 Å². The Balaban J connectivity index is 0.000000121. The van der Waals surface area contributed by atoms with Crippen molar-refractivity contribution in [3.8, 4) is 51.4 Å². The normalized spacial score (nSPS) is 16.7. The van der Waals surface area contributed by atoms with Gasteiger partial charge in [0, 0.05) is 73.0 Å². The first-order valence-electron chi connectivity index (χ1n) is 37.3. The summed E-state index contributed by atoms with van der Waals surface area (Å²) in [5.41, 5.74) is 37.1. The second kappa shape index (κ2) is 30.8. The van der Waals surface area contributed by atoms with Crippen molar-refractivity contribution in [3.05, 3.63) is 167 Å². The summed E-state index contributed by atoms with van der Waals surface area (Å²) >= 11 is 0. The molecule has 3 fully saturated rings. The monoisotopic (exact) mass is 1410 g/mol. The van der Waals surface area contributed by atoms with Crippen LogP contribution in [0, 0.1) is 20.8 Å². The summed E-state index contributed by atoms with van der Waals surface area (Å²) in [4.78, 5) is 40.6. The van der Waals surface area contributed by atoms with Gasteiger partial charge in [-0.2, -0.15) is 45.2 Å². The minimum absolute atomic E-state index is 0.294. The highest BCUT2D eigenvalue weighted by Crippen LogP contribution is 2.34. The topological polar surface area (TPSA) is 326 Å². The number of nitrogens with one attached hydrogen (secondary N) is 3. The van der Waals surface area contributed by atoms with Gasteiger partial charge in [0.05, 0.1) is 77.7 Å². The zero-order valence-corrected chi connectivity index (χ0v) is 60.1. The molecule has 3 aliphatic carbocycles. The molecule has 3 aromatic carbocycles. The number of ether oxygens (including phenoxy) is 3. The number of anilines is 3. The van der Waals surface area contributed by atoms with Crippen LogP contribution in [0.25, 0.3) is 66.9 Å². The summed E-state index contributed by atoms with van der Waals surface area (Å²) in [6, 6.07) is 23.2. The molecule has 0 radical (unpaired) electrons. The average Bonchev–Trinajstić information content (AvgIpc) is 1.67. The van der Waals surface area contributed by atoms with Gasteiger partial charge < -0.3 is 61.1 Å². The standard InChI is InChI=1S/C26H32N8O.2C26H30N8O/c3*1-17-30-23-24(27)31-26-32-25(23)34(17)15-18-6-9-22(19(13-18)5-3-2-4-12-35-26)20-14-29-33(16-20)11-10-28-21-7-8-21/h6,9,13-14,16,21,28H,2-5,7-8,10-12,15H2,1H3,(H2,27,31,32);2*2-3,6,9,13-14,16,21,28H,4-5,7-8,10-12,15H2,1H3,(H2,27,31,32)/b;3-2+;3-2-. The largest absolute Gasteiger partial charge is 0.463 e. The summed E-state index contributed by atoms with van der Waals surface area (Å²) in [7, 11) is 0. The van der Waals surface area contributed by atoms with E-state index >= 15 is 0 Å². The number of rotatable bonds is 15. The Morgan fingerprint density at radius 2 is 0.771 bits per heavy atom. The number of hydrogen-bond acceptors (Lipinski definition) is 21. The lowest BCUT2D eigenvalue weighted by Crippen LogP contribution is -2.21. The molecule has 9 N–H and O–H groups in total. The molecule has 0 atom stereocenters. The van der Waals surface area contributed by atoms with Crippen molar-refractivity contribution < 1.29 is 14.2 Å². The van der Waals surface area contributed by atoms with E-state index in [4.69, 9.17) is 31.4 Å². The van der Waals surface area contributed by atoms with Gasteiger partial charge in [0.25, 0.3) is 0 Å². The second-order valence-corrected chi connectivity index (χ2v) is 28.3. The van der Waals surface area contributed by atoms with Crippen LogP contribution in [-0.2, 0) is 58.5 Å². The highest BCUT2D eigenvalue weighted by Gasteiger charge is 2.25. The molecule has 105 heavy (non-hydrogen) atoms. The number of nitrogen functional groups attached to an aromatic ring is 3. The van der Waals surface area contributed by atoms with Crippen molar-refractivity contribution in [3.63, 3.8) is 0 Å². The number of benzene rings is 3. The maximum absolute atomic E-state index is 6.19. The maximum Gasteiger partial charge on any atom is 0.320 e. The fourth-order valence-corrected chi connectivity index (χ4v) is 14.0. The van der Waals surface area contributed by atoms with Crippen LogP contribution in [0.15, 0.2) is 116 Å². The second-order valence-electron chi connectivity index (χ2n) is 28.3. The molecule has 18 rings (SSSR count). The summed E-state index contributed by atoms with van der Waals surface area (Å²) in [6.07, 6.45) is 36.3. The SMILES string of the molecule is Cc1nc2c(N)nc3nc2n1Cc1ccc(-c2cnn(CCNC4CC4)c2)c(c1)C/C=C/CCO3.Cc1nc2c(N)nc3nc2n1Cc1ccc(-c2cnn(CCNC4CC4)c2)c(c1)C/C=C\CCO3.Cc1nc2c(N)nc3nc2n1Cc1ccc(-c2cnn(CCNC4CC4)c2)c(c1)CCCCCO3. The first kappa shape index (κ1) is 68.5. The molecule has 9 aromatic heterocycles. The highest BCUT2D eigenvalue weighted by atomic mass is 16.5. The molecule has 6 aliphatic rings. The Morgan fingerprint density at radius 1 is 0.410 bits per heavy atom. The zero-order chi connectivity index (χ0) is 71.3. The lowest BCUT2D eigenvalue weighted by molar-refractivity contribution is 0.283. The van der Waals surface area contributed by atoms with E-state index in [1.807, 2.05) is 48.7 Å². The van der Waals surface area contributed by atoms with Crippen LogP contribution < -0.4 is 47.4 Å². The fourth-order valence-electron chi connectivity index (χ4n) is 14.0. The van der Waals surface area contributed by atoms with Crippen LogP contribution in [0.4, 0.5) is 17.5 Å². The van der Waals surface area contributed by atoms with Crippen molar-refractivity contribution in [2.24, 2.45) is 0 Å². The van der Waals surface area contributed by atoms with Crippen molar-refractivity contribution in [1.82, 2.24) is 104 Å². The van der Waals surface area contributed by atoms with Gasteiger partial charge >= 0.3 is 18.0 Å². The van der Waals surface area contributed by atoms with Gasteiger partial charge in [-0.05, 0) is 161 Å². The number of aromatic nitrogens is 18. The Hall–Kier alpha value is -10.9. The third-order valence-corrected chi connectivity index (χ3v) is 20.2. The number of fused-ring (bicyclic) bond motifs is 9. The molecule has 27 nitrogen and oxygen atoms in total.